The van der Waals surface area contributed by atoms with Crippen molar-refractivity contribution < 1.29 is 0 Å². The third kappa shape index (κ3) is 2.12. The van der Waals surface area contributed by atoms with Crippen molar-refractivity contribution in [2.24, 2.45) is 0 Å². The molecule has 1 aliphatic rings. The summed E-state index contributed by atoms with van der Waals surface area (Å²) in [4.78, 5) is 8.09. The quantitative estimate of drug-likeness (QED) is 0.861. The second kappa shape index (κ2) is 3.95. The van der Waals surface area contributed by atoms with Gasteiger partial charge in [-0.05, 0) is 19.1 Å². The van der Waals surface area contributed by atoms with Crippen LogP contribution in [-0.4, -0.2) is 27.5 Å². The smallest absolute Gasteiger partial charge is 0.171 e. The van der Waals surface area contributed by atoms with E-state index < -0.39 is 0 Å². The van der Waals surface area contributed by atoms with Crippen molar-refractivity contribution in [2.45, 2.75) is 17.6 Å². The van der Waals surface area contributed by atoms with Crippen LogP contribution in [0.15, 0.2) is 12.4 Å². The second-order valence-electron chi connectivity index (χ2n) is 3.44. The Balaban J connectivity index is 1.95. The SMILES string of the molecule is CSC1(CNc2nccnc2Cl)CC1. The average molecular weight is 230 g/mol. The zero-order valence-electron chi connectivity index (χ0n) is 7.96. The lowest BCUT2D eigenvalue weighted by Gasteiger charge is -2.13. The van der Waals surface area contributed by atoms with Crippen LogP contribution in [0.5, 0.6) is 0 Å². The molecule has 1 heterocycles. The maximum absolute atomic E-state index is 5.87. The zero-order valence-corrected chi connectivity index (χ0v) is 9.53. The van der Waals surface area contributed by atoms with Crippen LogP contribution in [0.4, 0.5) is 5.82 Å². The van der Waals surface area contributed by atoms with Gasteiger partial charge in [-0.3, -0.25) is 0 Å². The van der Waals surface area contributed by atoms with E-state index in [0.29, 0.717) is 15.7 Å². The Morgan fingerprint density at radius 1 is 1.50 bits per heavy atom. The van der Waals surface area contributed by atoms with Gasteiger partial charge in [0.25, 0.3) is 0 Å². The second-order valence-corrected chi connectivity index (χ2v) is 5.07. The molecule has 3 nitrogen and oxygen atoms in total. The Bertz CT molecular complexity index is 328. The first-order valence-corrected chi connectivity index (χ1v) is 6.12. The topological polar surface area (TPSA) is 37.8 Å². The molecule has 0 amide bonds. The largest absolute Gasteiger partial charge is 0.366 e. The summed E-state index contributed by atoms with van der Waals surface area (Å²) in [6, 6.07) is 0. The Hall–Kier alpha value is -0.480. The lowest BCUT2D eigenvalue weighted by atomic mass is 10.4. The number of hydrogen-bond donors (Lipinski definition) is 1. The minimum atomic E-state index is 0.418. The molecular formula is C9H12ClN3S. The van der Waals surface area contributed by atoms with E-state index in [1.807, 2.05) is 11.8 Å². The number of hydrogen-bond acceptors (Lipinski definition) is 4. The van der Waals surface area contributed by atoms with Gasteiger partial charge in [0.1, 0.15) is 0 Å². The average Bonchev–Trinajstić information content (AvgIpc) is 2.98. The standard InChI is InChI=1S/C9H12ClN3S/c1-14-9(2-3-9)6-13-8-7(10)11-4-5-12-8/h4-5H,2-3,6H2,1H3,(H,12,13). The summed E-state index contributed by atoms with van der Waals surface area (Å²) in [6.07, 6.45) is 7.94. The van der Waals surface area contributed by atoms with Gasteiger partial charge in [-0.1, -0.05) is 11.6 Å². The monoisotopic (exact) mass is 229 g/mol. The molecule has 0 aliphatic heterocycles. The summed E-state index contributed by atoms with van der Waals surface area (Å²) in [5, 5.41) is 3.69. The molecule has 1 aliphatic carbocycles. The van der Waals surface area contributed by atoms with Crippen molar-refractivity contribution in [2.75, 3.05) is 18.1 Å². The lowest BCUT2D eigenvalue weighted by Crippen LogP contribution is -2.18. The number of nitrogens with zero attached hydrogens (tertiary/aromatic N) is 2. The summed E-state index contributed by atoms with van der Waals surface area (Å²) in [7, 11) is 0. The molecule has 0 aromatic carbocycles. The van der Waals surface area contributed by atoms with Crippen molar-refractivity contribution in [3.63, 3.8) is 0 Å². The maximum Gasteiger partial charge on any atom is 0.171 e. The van der Waals surface area contributed by atoms with E-state index in [1.54, 1.807) is 12.4 Å². The van der Waals surface area contributed by atoms with Crippen molar-refractivity contribution in [1.29, 1.82) is 0 Å². The fourth-order valence-electron chi connectivity index (χ4n) is 1.28. The zero-order chi connectivity index (χ0) is 10.0. The number of rotatable bonds is 4. The highest BCUT2D eigenvalue weighted by molar-refractivity contribution is 8.00. The van der Waals surface area contributed by atoms with Crippen LogP contribution in [0.1, 0.15) is 12.8 Å². The first-order valence-electron chi connectivity index (χ1n) is 4.51. The van der Waals surface area contributed by atoms with Crippen LogP contribution in [0.25, 0.3) is 0 Å². The molecule has 1 N–H and O–H groups in total. The molecule has 5 heteroatoms. The van der Waals surface area contributed by atoms with Crippen molar-refractivity contribution in [1.82, 2.24) is 9.97 Å². The van der Waals surface area contributed by atoms with Crippen LogP contribution in [0.2, 0.25) is 5.15 Å². The van der Waals surface area contributed by atoms with Crippen molar-refractivity contribution in [3.8, 4) is 0 Å². The molecule has 1 fully saturated rings. The minimum Gasteiger partial charge on any atom is -0.366 e. The summed E-state index contributed by atoms with van der Waals surface area (Å²) < 4.78 is 0.418. The fourth-order valence-corrected chi connectivity index (χ4v) is 2.18. The van der Waals surface area contributed by atoms with Gasteiger partial charge in [0.15, 0.2) is 11.0 Å². The summed E-state index contributed by atoms with van der Waals surface area (Å²) in [5.74, 6) is 0.689. The van der Waals surface area contributed by atoms with E-state index in [0.717, 1.165) is 6.54 Å². The predicted octanol–water partition coefficient (Wildman–Crippen LogP) is 2.44. The highest BCUT2D eigenvalue weighted by Crippen LogP contribution is 2.47. The van der Waals surface area contributed by atoms with Gasteiger partial charge in [0, 0.05) is 23.7 Å². The molecule has 0 radical (unpaired) electrons. The van der Waals surface area contributed by atoms with Gasteiger partial charge >= 0.3 is 0 Å². The molecule has 1 aromatic heterocycles. The summed E-state index contributed by atoms with van der Waals surface area (Å²) >= 11 is 7.78. The van der Waals surface area contributed by atoms with Gasteiger partial charge in [0.05, 0.1) is 0 Å². The van der Waals surface area contributed by atoms with Gasteiger partial charge in [0.2, 0.25) is 0 Å². The predicted molar refractivity (Wildman–Crippen MR) is 61.0 cm³/mol. The first kappa shape index (κ1) is 10.1. The molecule has 1 saturated carbocycles. The number of nitrogens with one attached hydrogen (secondary N) is 1. The molecule has 0 bridgehead atoms. The fraction of sp³-hybridized carbons (Fsp3) is 0.556. The molecule has 0 unspecified atom stereocenters. The maximum atomic E-state index is 5.87. The molecule has 0 atom stereocenters. The van der Waals surface area contributed by atoms with Gasteiger partial charge in [-0.15, -0.1) is 0 Å². The van der Waals surface area contributed by atoms with Gasteiger partial charge in [-0.2, -0.15) is 11.8 Å². The molecule has 0 saturated heterocycles. The van der Waals surface area contributed by atoms with E-state index in [2.05, 4.69) is 21.5 Å². The van der Waals surface area contributed by atoms with Gasteiger partial charge in [-0.25, -0.2) is 9.97 Å². The van der Waals surface area contributed by atoms with E-state index >= 15 is 0 Å². The molecule has 76 valence electrons. The number of thioether (sulfide) groups is 1. The Kier molecular flexibility index (Phi) is 2.83. The Morgan fingerprint density at radius 3 is 2.79 bits per heavy atom. The van der Waals surface area contributed by atoms with Crippen LogP contribution in [0, 0.1) is 0 Å². The minimum absolute atomic E-state index is 0.418. The number of anilines is 1. The van der Waals surface area contributed by atoms with Crippen LogP contribution >= 0.6 is 23.4 Å². The molecule has 0 spiro atoms. The van der Waals surface area contributed by atoms with Crippen molar-refractivity contribution in [3.05, 3.63) is 17.5 Å². The number of aromatic nitrogens is 2. The normalized spacial score (nSPS) is 17.9. The highest BCUT2D eigenvalue weighted by Gasteiger charge is 2.41. The number of halogens is 1. The van der Waals surface area contributed by atoms with E-state index in [4.69, 9.17) is 11.6 Å². The Morgan fingerprint density at radius 2 is 2.21 bits per heavy atom. The van der Waals surface area contributed by atoms with E-state index in [1.165, 1.54) is 12.8 Å². The van der Waals surface area contributed by atoms with Gasteiger partial charge < -0.3 is 5.32 Å². The Labute approximate surface area is 92.7 Å². The lowest BCUT2D eigenvalue weighted by molar-refractivity contribution is 0.937. The molecule has 1 aromatic rings. The molecule has 2 rings (SSSR count). The van der Waals surface area contributed by atoms with E-state index in [-0.39, 0.29) is 0 Å². The molecular weight excluding hydrogens is 218 g/mol. The first-order chi connectivity index (χ1) is 6.76. The van der Waals surface area contributed by atoms with Crippen LogP contribution in [0.3, 0.4) is 0 Å². The van der Waals surface area contributed by atoms with Crippen LogP contribution < -0.4 is 5.32 Å². The van der Waals surface area contributed by atoms with Crippen molar-refractivity contribution >= 4 is 29.2 Å². The third-order valence-electron chi connectivity index (χ3n) is 2.47. The summed E-state index contributed by atoms with van der Waals surface area (Å²) in [5.41, 5.74) is 0. The highest BCUT2D eigenvalue weighted by atomic mass is 35.5. The third-order valence-corrected chi connectivity index (χ3v) is 4.17. The summed E-state index contributed by atoms with van der Waals surface area (Å²) in [6.45, 7) is 0.923. The van der Waals surface area contributed by atoms with Crippen LogP contribution in [-0.2, 0) is 0 Å². The van der Waals surface area contributed by atoms with E-state index in [9.17, 15) is 0 Å². The molecule has 14 heavy (non-hydrogen) atoms.